The van der Waals surface area contributed by atoms with Crippen molar-refractivity contribution in [3.63, 3.8) is 0 Å². The van der Waals surface area contributed by atoms with Crippen LogP contribution >= 0.6 is 11.5 Å². The van der Waals surface area contributed by atoms with Crippen molar-refractivity contribution in [3.05, 3.63) is 46.3 Å². The smallest absolute Gasteiger partial charge is 0.377 e. The first-order chi connectivity index (χ1) is 15.7. The number of hydrogen-bond acceptors (Lipinski definition) is 9. The minimum absolute atomic E-state index is 0.150. The van der Waals surface area contributed by atoms with Crippen LogP contribution in [0.4, 0.5) is 13.2 Å². The number of ether oxygens (including phenoxy) is 1. The molecular weight excluding hydrogens is 465 g/mol. The molecule has 14 heteroatoms. The molecule has 3 aromatic rings. The van der Waals surface area contributed by atoms with Crippen LogP contribution in [0.5, 0.6) is 0 Å². The Kier molecular flexibility index (Phi) is 6.37. The van der Waals surface area contributed by atoms with Gasteiger partial charge in [0, 0.05) is 24.2 Å². The summed E-state index contributed by atoms with van der Waals surface area (Å²) in [7, 11) is 0. The quantitative estimate of drug-likeness (QED) is 0.587. The Morgan fingerprint density at radius 1 is 1.27 bits per heavy atom. The predicted molar refractivity (Wildman–Crippen MR) is 107 cm³/mol. The van der Waals surface area contributed by atoms with Crippen LogP contribution in [-0.4, -0.2) is 68.8 Å². The van der Waals surface area contributed by atoms with Gasteiger partial charge in [0.1, 0.15) is 4.88 Å². The van der Waals surface area contributed by atoms with Gasteiger partial charge >= 0.3 is 12.1 Å². The molecule has 1 atom stereocenters. The number of aryl methyl sites for hydroxylation is 1. The minimum Gasteiger partial charge on any atom is -0.377 e. The van der Waals surface area contributed by atoms with Gasteiger partial charge in [0.2, 0.25) is 5.82 Å². The number of alkyl halides is 3. The molecule has 1 saturated heterocycles. The van der Waals surface area contributed by atoms with Crippen molar-refractivity contribution in [2.45, 2.75) is 19.1 Å². The van der Waals surface area contributed by atoms with E-state index >= 15 is 0 Å². The zero-order valence-electron chi connectivity index (χ0n) is 17.1. The topological polar surface area (TPSA) is 123 Å². The van der Waals surface area contributed by atoms with Crippen molar-refractivity contribution in [1.29, 1.82) is 0 Å². The summed E-state index contributed by atoms with van der Waals surface area (Å²) in [6.45, 7) is 2.87. The number of halogens is 3. The van der Waals surface area contributed by atoms with E-state index < -0.39 is 18.0 Å². The molecule has 2 aromatic heterocycles. The van der Waals surface area contributed by atoms with Gasteiger partial charge in [0.15, 0.2) is 0 Å². The molecule has 1 fully saturated rings. The van der Waals surface area contributed by atoms with Crippen molar-refractivity contribution in [3.8, 4) is 11.4 Å². The summed E-state index contributed by atoms with van der Waals surface area (Å²) < 4.78 is 51.3. The second-order valence-corrected chi connectivity index (χ2v) is 7.88. The van der Waals surface area contributed by atoms with E-state index in [1.807, 2.05) is 0 Å². The van der Waals surface area contributed by atoms with Gasteiger partial charge in [0.05, 0.1) is 24.9 Å². The Hall–Kier alpha value is -3.39. The summed E-state index contributed by atoms with van der Waals surface area (Å²) in [4.78, 5) is 30.8. The molecule has 1 aromatic carbocycles. The molecule has 0 spiro atoms. The Balaban J connectivity index is 1.39. The van der Waals surface area contributed by atoms with Gasteiger partial charge in [-0.25, -0.2) is 0 Å². The first-order valence-electron chi connectivity index (χ1n) is 9.71. The van der Waals surface area contributed by atoms with Gasteiger partial charge in [-0.3, -0.25) is 9.59 Å². The highest BCUT2D eigenvalue weighted by molar-refractivity contribution is 7.07. The number of carbonyl (C=O) groups is 2. The Labute approximate surface area is 188 Å². The van der Waals surface area contributed by atoms with E-state index in [1.54, 1.807) is 11.8 Å². The molecule has 1 aliphatic rings. The van der Waals surface area contributed by atoms with E-state index in [2.05, 4.69) is 29.6 Å². The third-order valence-corrected chi connectivity index (χ3v) is 5.72. The zero-order chi connectivity index (χ0) is 23.6. The third-order valence-electron chi connectivity index (χ3n) is 4.91. The Bertz CT molecular complexity index is 1150. The molecule has 0 radical (unpaired) electrons. The number of nitrogens with one attached hydrogen (secondary N) is 1. The maximum absolute atomic E-state index is 12.8. The standard InChI is InChI=1S/C19H17F3N6O4S/c1-10-14(33-27-25-10)17(30)28-6-7-31-9-13(28)8-23-16(29)12-4-2-11(3-5-12)15-24-18(32-26-15)19(20,21)22/h2-5,13H,6-9H2,1H3,(H,23,29)/t13-/m0/s1. The molecule has 0 bridgehead atoms. The average molecular weight is 482 g/mol. The van der Waals surface area contributed by atoms with Gasteiger partial charge in [-0.15, -0.1) is 5.10 Å². The van der Waals surface area contributed by atoms with E-state index in [-0.39, 0.29) is 42.1 Å². The first-order valence-corrected chi connectivity index (χ1v) is 10.5. The van der Waals surface area contributed by atoms with Crippen LogP contribution in [0.1, 0.15) is 31.6 Å². The summed E-state index contributed by atoms with van der Waals surface area (Å²) >= 11 is 1.02. The third kappa shape index (κ3) is 5.01. The largest absolute Gasteiger partial charge is 0.471 e. The molecule has 1 N–H and O–H groups in total. The number of hydrogen-bond donors (Lipinski definition) is 1. The lowest BCUT2D eigenvalue weighted by molar-refractivity contribution is -0.159. The number of morpholine rings is 1. The second kappa shape index (κ2) is 9.23. The lowest BCUT2D eigenvalue weighted by Crippen LogP contribution is -2.53. The van der Waals surface area contributed by atoms with Crippen LogP contribution in [0.3, 0.4) is 0 Å². The molecular formula is C19H17F3N6O4S. The Morgan fingerprint density at radius 3 is 2.67 bits per heavy atom. The van der Waals surface area contributed by atoms with E-state index in [9.17, 15) is 22.8 Å². The fourth-order valence-electron chi connectivity index (χ4n) is 3.19. The number of carbonyl (C=O) groups excluding carboxylic acids is 2. The minimum atomic E-state index is -4.74. The highest BCUT2D eigenvalue weighted by Gasteiger charge is 2.38. The van der Waals surface area contributed by atoms with E-state index in [1.165, 1.54) is 24.3 Å². The zero-order valence-corrected chi connectivity index (χ0v) is 17.9. The van der Waals surface area contributed by atoms with Crippen LogP contribution in [0.25, 0.3) is 11.4 Å². The van der Waals surface area contributed by atoms with Crippen LogP contribution in [0.15, 0.2) is 28.8 Å². The molecule has 2 amide bonds. The van der Waals surface area contributed by atoms with E-state index in [4.69, 9.17) is 4.74 Å². The monoisotopic (exact) mass is 482 g/mol. The van der Waals surface area contributed by atoms with E-state index in [0.29, 0.717) is 23.7 Å². The van der Waals surface area contributed by atoms with Crippen molar-refractivity contribution in [2.24, 2.45) is 0 Å². The van der Waals surface area contributed by atoms with Gasteiger partial charge in [0.25, 0.3) is 11.8 Å². The molecule has 0 aliphatic carbocycles. The maximum Gasteiger partial charge on any atom is 0.471 e. The number of benzene rings is 1. The summed E-state index contributed by atoms with van der Waals surface area (Å²) in [6, 6.07) is 5.32. The van der Waals surface area contributed by atoms with Crippen molar-refractivity contribution in [2.75, 3.05) is 26.3 Å². The fraction of sp³-hybridized carbons (Fsp3) is 0.368. The average Bonchev–Trinajstić information content (AvgIpc) is 3.47. The summed E-state index contributed by atoms with van der Waals surface area (Å²) in [6.07, 6.45) is -4.74. The highest BCUT2D eigenvalue weighted by atomic mass is 32.1. The van der Waals surface area contributed by atoms with Gasteiger partial charge in [-0.1, -0.05) is 21.8 Å². The van der Waals surface area contributed by atoms with Crippen molar-refractivity contribution >= 4 is 23.3 Å². The molecule has 33 heavy (non-hydrogen) atoms. The molecule has 174 valence electrons. The fourth-order valence-corrected chi connectivity index (χ4v) is 3.80. The SMILES string of the molecule is Cc1nnsc1C(=O)N1CCOC[C@@H]1CNC(=O)c1ccc(-c2noc(C(F)(F)F)n2)cc1. The second-order valence-electron chi connectivity index (χ2n) is 7.12. The van der Waals surface area contributed by atoms with Crippen LogP contribution in [-0.2, 0) is 10.9 Å². The number of aromatic nitrogens is 4. The Morgan fingerprint density at radius 2 is 2.03 bits per heavy atom. The first kappa shape index (κ1) is 22.8. The maximum atomic E-state index is 12.8. The predicted octanol–water partition coefficient (Wildman–Crippen LogP) is 2.19. The summed E-state index contributed by atoms with van der Waals surface area (Å²) in [5.41, 5.74) is 1.08. The van der Waals surface area contributed by atoms with Gasteiger partial charge in [-0.2, -0.15) is 18.2 Å². The molecule has 0 saturated carbocycles. The molecule has 4 rings (SSSR count). The van der Waals surface area contributed by atoms with E-state index in [0.717, 1.165) is 11.5 Å². The lowest BCUT2D eigenvalue weighted by Gasteiger charge is -2.35. The van der Waals surface area contributed by atoms with Gasteiger partial charge < -0.3 is 19.5 Å². The number of nitrogens with zero attached hydrogens (tertiary/aromatic N) is 5. The van der Waals surface area contributed by atoms with Crippen LogP contribution < -0.4 is 5.32 Å². The lowest BCUT2D eigenvalue weighted by atomic mass is 10.1. The van der Waals surface area contributed by atoms with Crippen molar-refractivity contribution < 1.29 is 32.0 Å². The van der Waals surface area contributed by atoms with Crippen LogP contribution in [0.2, 0.25) is 0 Å². The normalized spacial score (nSPS) is 16.6. The molecule has 1 aliphatic heterocycles. The van der Waals surface area contributed by atoms with Crippen LogP contribution in [0, 0.1) is 6.92 Å². The highest BCUT2D eigenvalue weighted by Crippen LogP contribution is 2.29. The molecule has 10 nitrogen and oxygen atoms in total. The summed E-state index contributed by atoms with van der Waals surface area (Å²) in [5.74, 6) is -2.32. The van der Waals surface area contributed by atoms with Crippen molar-refractivity contribution in [1.82, 2.24) is 29.9 Å². The number of amides is 2. The van der Waals surface area contributed by atoms with Gasteiger partial charge in [-0.05, 0) is 30.6 Å². The molecule has 0 unspecified atom stereocenters. The molecule has 3 heterocycles. The summed E-state index contributed by atoms with van der Waals surface area (Å²) in [5, 5.41) is 9.93. The number of rotatable bonds is 5.